The van der Waals surface area contributed by atoms with Crippen molar-refractivity contribution in [3.63, 3.8) is 0 Å². The van der Waals surface area contributed by atoms with Crippen LogP contribution >= 0.6 is 11.6 Å². The molecule has 0 saturated carbocycles. The average molecular weight is 397 g/mol. The summed E-state index contributed by atoms with van der Waals surface area (Å²) in [7, 11) is 0. The van der Waals surface area contributed by atoms with Crippen molar-refractivity contribution in [2.45, 2.75) is 59.9 Å². The molecule has 0 heterocycles. The summed E-state index contributed by atoms with van der Waals surface area (Å²) in [4.78, 5) is 4.89. The van der Waals surface area contributed by atoms with Gasteiger partial charge in [-0.2, -0.15) is 0 Å². The highest BCUT2D eigenvalue weighted by molar-refractivity contribution is 6.31. The number of nitrogens with zero attached hydrogens (tertiary/aromatic N) is 1. The molecule has 0 spiro atoms. The number of halogens is 1. The van der Waals surface area contributed by atoms with Crippen molar-refractivity contribution in [1.29, 1.82) is 0 Å². The third-order valence-corrected chi connectivity index (χ3v) is 5.08. The molecule has 0 fully saturated rings. The fourth-order valence-electron chi connectivity index (χ4n) is 2.84. The fourth-order valence-corrected chi connectivity index (χ4v) is 3.04. The minimum atomic E-state index is 0.255. The van der Waals surface area contributed by atoms with E-state index >= 15 is 0 Å². The molecule has 2 rings (SSSR count). The summed E-state index contributed by atoms with van der Waals surface area (Å²) in [5, 5.41) is 0.742. The number of aliphatic imine (C=N–C) groups is 1. The van der Waals surface area contributed by atoms with Crippen molar-refractivity contribution < 1.29 is 0 Å². The zero-order valence-electron chi connectivity index (χ0n) is 17.8. The summed E-state index contributed by atoms with van der Waals surface area (Å²) in [6.07, 6.45) is 3.93. The second kappa shape index (κ2) is 9.93. The van der Waals surface area contributed by atoms with Crippen LogP contribution in [0.4, 0.5) is 0 Å². The van der Waals surface area contributed by atoms with Crippen molar-refractivity contribution >= 4 is 17.3 Å². The molecule has 0 aliphatic heterocycles. The first-order chi connectivity index (χ1) is 13.2. The van der Waals surface area contributed by atoms with E-state index < -0.39 is 0 Å². The Balaban J connectivity index is 2.36. The van der Waals surface area contributed by atoms with Gasteiger partial charge in [0.1, 0.15) is 0 Å². The summed E-state index contributed by atoms with van der Waals surface area (Å²) < 4.78 is 0. The molecule has 0 aliphatic carbocycles. The van der Waals surface area contributed by atoms with E-state index in [-0.39, 0.29) is 5.41 Å². The molecule has 0 aromatic heterocycles. The Morgan fingerprint density at radius 3 is 2.46 bits per heavy atom. The van der Waals surface area contributed by atoms with Crippen LogP contribution in [0.15, 0.2) is 65.3 Å². The molecule has 0 aliphatic rings. The monoisotopic (exact) mass is 396 g/mol. The van der Waals surface area contributed by atoms with Crippen LogP contribution in [-0.2, 0) is 6.54 Å². The number of nitrogens with two attached hydrogens (primary N) is 1. The number of benzene rings is 2. The molecule has 28 heavy (non-hydrogen) atoms. The fraction of sp³-hybridized carbons (Fsp3) is 0.400. The minimum absolute atomic E-state index is 0.255. The quantitative estimate of drug-likeness (QED) is 0.497. The van der Waals surface area contributed by atoms with Crippen LogP contribution in [0.1, 0.15) is 70.1 Å². The number of hydrogen-bond acceptors (Lipinski definition) is 2. The maximum absolute atomic E-state index is 6.37. The summed E-state index contributed by atoms with van der Waals surface area (Å²) >= 11 is 6.32. The van der Waals surface area contributed by atoms with Gasteiger partial charge in [-0.1, -0.05) is 82.6 Å². The van der Waals surface area contributed by atoms with Crippen LogP contribution in [0.5, 0.6) is 0 Å². The molecule has 150 valence electrons. The highest BCUT2D eigenvalue weighted by atomic mass is 35.5. The molecule has 2 aromatic carbocycles. The van der Waals surface area contributed by atoms with Gasteiger partial charge in [0.15, 0.2) is 0 Å². The average Bonchev–Trinajstić information content (AvgIpc) is 2.64. The molecule has 2 nitrogen and oxygen atoms in total. The second-order valence-electron chi connectivity index (χ2n) is 8.85. The van der Waals surface area contributed by atoms with Crippen LogP contribution < -0.4 is 5.73 Å². The molecule has 0 unspecified atom stereocenters. The van der Waals surface area contributed by atoms with E-state index in [1.807, 2.05) is 30.3 Å². The van der Waals surface area contributed by atoms with E-state index in [4.69, 9.17) is 22.3 Å². The predicted molar refractivity (Wildman–Crippen MR) is 123 cm³/mol. The Bertz CT molecular complexity index is 842. The molecule has 2 N–H and O–H groups in total. The summed E-state index contributed by atoms with van der Waals surface area (Å²) in [6.45, 7) is 11.6. The summed E-state index contributed by atoms with van der Waals surface area (Å²) in [5.74, 6) is 0.465. The highest BCUT2D eigenvalue weighted by Crippen LogP contribution is 2.23. The maximum Gasteiger partial charge on any atom is 0.0667 e. The van der Waals surface area contributed by atoms with E-state index in [1.165, 1.54) is 5.56 Å². The highest BCUT2D eigenvalue weighted by Gasteiger charge is 2.11. The van der Waals surface area contributed by atoms with Gasteiger partial charge in [0.05, 0.1) is 12.3 Å². The first-order valence-corrected chi connectivity index (χ1v) is 10.4. The Morgan fingerprint density at radius 1 is 1.11 bits per heavy atom. The summed E-state index contributed by atoms with van der Waals surface area (Å²) in [5.41, 5.74) is 11.8. The largest absolute Gasteiger partial charge is 0.402 e. The number of allylic oxidation sites excluding steroid dienone is 2. The third-order valence-electron chi connectivity index (χ3n) is 4.71. The van der Waals surface area contributed by atoms with E-state index in [2.05, 4.69) is 58.9 Å². The van der Waals surface area contributed by atoms with Crippen LogP contribution in [0.2, 0.25) is 5.02 Å². The topological polar surface area (TPSA) is 38.4 Å². The molecule has 0 saturated heterocycles. The maximum atomic E-state index is 6.37. The van der Waals surface area contributed by atoms with Gasteiger partial charge in [0, 0.05) is 16.3 Å². The number of rotatable bonds is 7. The SMILES string of the molecule is CC(C)c1cccc(C(C=C(N)CCC(C)(C)C)=NCc2ccccc2Cl)c1. The van der Waals surface area contributed by atoms with Crippen LogP contribution in [0.25, 0.3) is 0 Å². The standard InChI is InChI=1S/C25H33ClN2/c1-18(2)19-10-8-11-20(15-19)24(16-22(27)13-14-25(3,4)5)28-17-21-9-6-7-12-23(21)26/h6-12,15-16,18H,13-14,17,27H2,1-5H3. The van der Waals surface area contributed by atoms with Crippen molar-refractivity contribution in [3.8, 4) is 0 Å². The smallest absolute Gasteiger partial charge is 0.0667 e. The lowest BCUT2D eigenvalue weighted by molar-refractivity contribution is 0.377. The van der Waals surface area contributed by atoms with Crippen molar-refractivity contribution in [2.75, 3.05) is 0 Å². The van der Waals surface area contributed by atoms with Gasteiger partial charge < -0.3 is 5.73 Å². The number of hydrogen-bond donors (Lipinski definition) is 1. The van der Waals surface area contributed by atoms with Gasteiger partial charge in [-0.3, -0.25) is 4.99 Å². The van der Waals surface area contributed by atoms with E-state index in [0.717, 1.165) is 40.4 Å². The third kappa shape index (κ3) is 7.16. The lowest BCUT2D eigenvalue weighted by Crippen LogP contribution is -2.10. The Hall–Kier alpha value is -2.06. The first kappa shape index (κ1) is 22.2. The van der Waals surface area contributed by atoms with Crippen LogP contribution in [0, 0.1) is 5.41 Å². The lowest BCUT2D eigenvalue weighted by Gasteiger charge is -2.18. The lowest BCUT2D eigenvalue weighted by atomic mass is 9.89. The van der Waals surface area contributed by atoms with Crippen LogP contribution in [-0.4, -0.2) is 5.71 Å². The van der Waals surface area contributed by atoms with Gasteiger partial charge >= 0.3 is 0 Å². The van der Waals surface area contributed by atoms with E-state index in [0.29, 0.717) is 12.5 Å². The van der Waals surface area contributed by atoms with E-state index in [1.54, 1.807) is 0 Å². The predicted octanol–water partition coefficient (Wildman–Crippen LogP) is 7.12. The molecule has 0 atom stereocenters. The van der Waals surface area contributed by atoms with Crippen molar-refractivity contribution in [2.24, 2.45) is 16.1 Å². The van der Waals surface area contributed by atoms with Crippen molar-refractivity contribution in [3.05, 3.63) is 82.0 Å². The molecule has 2 aromatic rings. The van der Waals surface area contributed by atoms with Crippen LogP contribution in [0.3, 0.4) is 0 Å². The molecule has 0 bridgehead atoms. The van der Waals surface area contributed by atoms with E-state index in [9.17, 15) is 0 Å². The summed E-state index contributed by atoms with van der Waals surface area (Å²) in [6, 6.07) is 16.4. The van der Waals surface area contributed by atoms with Gasteiger partial charge in [0.2, 0.25) is 0 Å². The molecule has 0 amide bonds. The van der Waals surface area contributed by atoms with Crippen molar-refractivity contribution in [1.82, 2.24) is 0 Å². The molecule has 3 heteroatoms. The first-order valence-electron chi connectivity index (χ1n) is 10.00. The molecule has 0 radical (unpaired) electrons. The Morgan fingerprint density at radius 2 is 1.82 bits per heavy atom. The molecular formula is C25H33ClN2. The van der Waals surface area contributed by atoms with Gasteiger partial charge in [0.25, 0.3) is 0 Å². The van der Waals surface area contributed by atoms with Gasteiger partial charge in [-0.25, -0.2) is 0 Å². The zero-order chi connectivity index (χ0) is 20.7. The Kier molecular flexibility index (Phi) is 7.88. The van der Waals surface area contributed by atoms with Gasteiger partial charge in [-0.05, 0) is 53.5 Å². The normalized spacial score (nSPS) is 13.2. The Labute approximate surface area is 175 Å². The zero-order valence-corrected chi connectivity index (χ0v) is 18.6. The minimum Gasteiger partial charge on any atom is -0.402 e. The second-order valence-corrected chi connectivity index (χ2v) is 9.26. The molecular weight excluding hydrogens is 364 g/mol. The van der Waals surface area contributed by atoms with Gasteiger partial charge in [-0.15, -0.1) is 0 Å².